The van der Waals surface area contributed by atoms with Crippen molar-refractivity contribution in [3.8, 4) is 0 Å². The number of fused-ring (bicyclic) bond motifs is 1. The third-order valence-electron chi connectivity index (χ3n) is 6.99. The molecule has 2 fully saturated rings. The smallest absolute Gasteiger partial charge is 0.245 e. The maximum atomic E-state index is 13.3. The number of carbonyl (C=O) groups is 1. The monoisotopic (exact) mass is 438 g/mol. The normalized spacial score (nSPS) is 21.4. The van der Waals surface area contributed by atoms with Gasteiger partial charge in [-0.25, -0.2) is 9.97 Å². The van der Waals surface area contributed by atoms with Crippen LogP contribution in [0, 0.1) is 0 Å². The van der Waals surface area contributed by atoms with Crippen LogP contribution in [-0.2, 0) is 17.6 Å². The lowest BCUT2D eigenvalue weighted by atomic mass is 10.1. The van der Waals surface area contributed by atoms with E-state index in [1.165, 1.54) is 5.56 Å². The number of hydrogen-bond acceptors (Lipinski definition) is 7. The number of hydrogen-bond donors (Lipinski definition) is 2. The second-order valence-corrected chi connectivity index (χ2v) is 9.60. The molecule has 0 bridgehead atoms. The molecule has 1 amide bonds. The minimum absolute atomic E-state index is 0.165. The summed E-state index contributed by atoms with van der Waals surface area (Å²) in [6.07, 6.45) is 6.74. The quantitative estimate of drug-likeness (QED) is 0.740. The molecule has 0 spiro atoms. The number of nitrogens with zero attached hydrogens (tertiary/aromatic N) is 6. The predicted octanol–water partition coefficient (Wildman–Crippen LogP) is 2.30. The highest BCUT2D eigenvalue weighted by atomic mass is 16.2. The van der Waals surface area contributed by atoms with E-state index in [1.807, 2.05) is 11.1 Å². The van der Waals surface area contributed by atoms with Gasteiger partial charge in [0, 0.05) is 44.0 Å². The van der Waals surface area contributed by atoms with E-state index in [1.54, 1.807) is 0 Å². The van der Waals surface area contributed by atoms with Crippen LogP contribution in [0.2, 0.25) is 0 Å². The van der Waals surface area contributed by atoms with Gasteiger partial charge in [0.05, 0.1) is 11.9 Å². The topological polar surface area (TPSA) is 93.3 Å². The zero-order chi connectivity index (χ0) is 22.2. The molecular weight excluding hydrogens is 404 g/mol. The summed E-state index contributed by atoms with van der Waals surface area (Å²) < 4.78 is 0. The Morgan fingerprint density at radius 3 is 2.69 bits per heavy atom. The molecule has 2 aromatic rings. The number of aromatic nitrogens is 4. The van der Waals surface area contributed by atoms with Gasteiger partial charge in [-0.05, 0) is 45.1 Å². The largest absolute Gasteiger partial charge is 0.338 e. The molecule has 2 saturated heterocycles. The number of anilines is 3. The average molecular weight is 439 g/mol. The number of H-pyrrole nitrogens is 1. The first-order chi connectivity index (χ1) is 15.5. The molecule has 3 aliphatic rings. The molecule has 0 radical (unpaired) electrons. The van der Waals surface area contributed by atoms with Crippen LogP contribution in [0.1, 0.15) is 56.0 Å². The molecule has 0 aromatic carbocycles. The first-order valence-electron chi connectivity index (χ1n) is 12.0. The molecule has 1 atom stereocenters. The van der Waals surface area contributed by atoms with Crippen molar-refractivity contribution in [2.24, 2.45) is 0 Å². The standard InChI is InChI=1S/C23H34N8O/c1-15(2)18-14-24-22(25-18)27-20-16-6-4-7-17(16)26-23(28-20)31-9-5-8-19(31)21(32)30-12-10-29(3)11-13-30/h14-15,19H,4-13H2,1-3H3,(H2,24,25,26,27,28)/t19-/m1/s1. The Balaban J connectivity index is 1.40. The van der Waals surface area contributed by atoms with Gasteiger partial charge < -0.3 is 25.0 Å². The number of rotatable bonds is 5. The number of nitrogens with one attached hydrogen (secondary N) is 2. The maximum absolute atomic E-state index is 13.3. The predicted molar refractivity (Wildman–Crippen MR) is 124 cm³/mol. The molecule has 0 saturated carbocycles. The summed E-state index contributed by atoms with van der Waals surface area (Å²) in [5.41, 5.74) is 3.37. The summed E-state index contributed by atoms with van der Waals surface area (Å²) in [5.74, 6) is 2.81. The Morgan fingerprint density at radius 1 is 1.12 bits per heavy atom. The number of aromatic amines is 1. The van der Waals surface area contributed by atoms with Crippen LogP contribution < -0.4 is 10.2 Å². The SMILES string of the molecule is CC(C)c1cnc(Nc2nc(N3CCC[C@@H]3C(=O)N3CCN(C)CC3)nc3c2CCC3)[nH]1. The summed E-state index contributed by atoms with van der Waals surface area (Å²) in [5, 5.41) is 3.41. The van der Waals surface area contributed by atoms with Crippen molar-refractivity contribution in [3.63, 3.8) is 0 Å². The van der Waals surface area contributed by atoms with Crippen LogP contribution in [0.3, 0.4) is 0 Å². The van der Waals surface area contributed by atoms with Crippen molar-refractivity contribution in [2.45, 2.75) is 57.9 Å². The summed E-state index contributed by atoms with van der Waals surface area (Å²) >= 11 is 0. The lowest BCUT2D eigenvalue weighted by molar-refractivity contribution is -0.134. The third kappa shape index (κ3) is 4.05. The molecule has 172 valence electrons. The Bertz CT molecular complexity index is 978. The fraction of sp³-hybridized carbons (Fsp3) is 0.652. The highest BCUT2D eigenvalue weighted by molar-refractivity contribution is 5.85. The van der Waals surface area contributed by atoms with Gasteiger partial charge >= 0.3 is 0 Å². The molecule has 0 unspecified atom stereocenters. The number of imidazole rings is 1. The van der Waals surface area contributed by atoms with Crippen LogP contribution >= 0.6 is 0 Å². The first-order valence-corrected chi connectivity index (χ1v) is 12.0. The Hall–Kier alpha value is -2.68. The second-order valence-electron chi connectivity index (χ2n) is 9.60. The van der Waals surface area contributed by atoms with Crippen molar-refractivity contribution in [3.05, 3.63) is 23.1 Å². The lowest BCUT2D eigenvalue weighted by Crippen LogP contribution is -2.53. The van der Waals surface area contributed by atoms with Crippen molar-refractivity contribution < 1.29 is 4.79 Å². The number of likely N-dealkylation sites (N-methyl/N-ethyl adjacent to an activating group) is 1. The Labute approximate surface area is 189 Å². The average Bonchev–Trinajstić information content (AvgIpc) is 3.53. The van der Waals surface area contributed by atoms with Crippen LogP contribution in [-0.4, -0.2) is 81.5 Å². The molecule has 2 aliphatic heterocycles. The molecule has 2 N–H and O–H groups in total. The van der Waals surface area contributed by atoms with E-state index in [-0.39, 0.29) is 11.9 Å². The molecule has 9 heteroatoms. The van der Waals surface area contributed by atoms with Crippen molar-refractivity contribution in [1.82, 2.24) is 29.7 Å². The van der Waals surface area contributed by atoms with Gasteiger partial charge in [-0.15, -0.1) is 0 Å². The summed E-state index contributed by atoms with van der Waals surface area (Å²) in [4.78, 5) is 37.5. The van der Waals surface area contributed by atoms with Gasteiger partial charge in [-0.2, -0.15) is 4.98 Å². The molecule has 4 heterocycles. The van der Waals surface area contributed by atoms with E-state index < -0.39 is 0 Å². The minimum Gasteiger partial charge on any atom is -0.338 e. The number of piperazine rings is 1. The van der Waals surface area contributed by atoms with E-state index in [0.717, 1.165) is 82.0 Å². The van der Waals surface area contributed by atoms with Crippen LogP contribution in [0.4, 0.5) is 17.7 Å². The van der Waals surface area contributed by atoms with E-state index in [0.29, 0.717) is 17.8 Å². The minimum atomic E-state index is -0.165. The summed E-state index contributed by atoms with van der Waals surface area (Å²) in [7, 11) is 2.11. The number of aryl methyl sites for hydroxylation is 1. The highest BCUT2D eigenvalue weighted by Crippen LogP contribution is 2.32. The molecule has 1 aliphatic carbocycles. The van der Waals surface area contributed by atoms with Gasteiger partial charge in [-0.1, -0.05) is 13.8 Å². The Morgan fingerprint density at radius 2 is 1.94 bits per heavy atom. The molecule has 5 rings (SSSR count). The van der Waals surface area contributed by atoms with Crippen LogP contribution in [0.5, 0.6) is 0 Å². The highest BCUT2D eigenvalue weighted by Gasteiger charge is 2.37. The van der Waals surface area contributed by atoms with E-state index in [2.05, 4.69) is 46.0 Å². The molecule has 32 heavy (non-hydrogen) atoms. The Kier molecular flexibility index (Phi) is 5.75. The van der Waals surface area contributed by atoms with Gasteiger partial charge in [0.15, 0.2) is 0 Å². The molecule has 9 nitrogen and oxygen atoms in total. The summed E-state index contributed by atoms with van der Waals surface area (Å²) in [6, 6.07) is -0.165. The fourth-order valence-corrected chi connectivity index (χ4v) is 4.96. The third-order valence-corrected chi connectivity index (χ3v) is 6.99. The maximum Gasteiger partial charge on any atom is 0.245 e. The second kappa shape index (κ2) is 8.69. The van der Waals surface area contributed by atoms with Crippen molar-refractivity contribution in [2.75, 3.05) is 50.0 Å². The van der Waals surface area contributed by atoms with Gasteiger partial charge in [0.25, 0.3) is 0 Å². The van der Waals surface area contributed by atoms with Gasteiger partial charge in [0.1, 0.15) is 11.9 Å². The van der Waals surface area contributed by atoms with Gasteiger partial charge in [-0.3, -0.25) is 4.79 Å². The fourth-order valence-electron chi connectivity index (χ4n) is 4.96. The number of carbonyl (C=O) groups excluding carboxylic acids is 1. The van der Waals surface area contributed by atoms with Crippen LogP contribution in [0.25, 0.3) is 0 Å². The van der Waals surface area contributed by atoms with Crippen molar-refractivity contribution in [1.29, 1.82) is 0 Å². The van der Waals surface area contributed by atoms with Gasteiger partial charge in [0.2, 0.25) is 17.8 Å². The van der Waals surface area contributed by atoms with Crippen molar-refractivity contribution >= 4 is 23.6 Å². The number of amides is 1. The zero-order valence-electron chi connectivity index (χ0n) is 19.4. The van der Waals surface area contributed by atoms with Crippen LogP contribution in [0.15, 0.2) is 6.20 Å². The molecule has 2 aromatic heterocycles. The summed E-state index contributed by atoms with van der Waals surface area (Å²) in [6.45, 7) is 8.57. The van der Waals surface area contributed by atoms with E-state index in [9.17, 15) is 4.79 Å². The molecular formula is C23H34N8O. The van der Waals surface area contributed by atoms with E-state index >= 15 is 0 Å². The lowest BCUT2D eigenvalue weighted by Gasteiger charge is -2.36. The zero-order valence-corrected chi connectivity index (χ0v) is 19.4. The van der Waals surface area contributed by atoms with E-state index in [4.69, 9.17) is 9.97 Å². The first kappa shape index (κ1) is 21.2.